The zero-order chi connectivity index (χ0) is 11.0. The minimum absolute atomic E-state index is 0.199. The molecule has 0 saturated carbocycles. The number of nitrogens with zero attached hydrogens (tertiary/aromatic N) is 2. The second kappa shape index (κ2) is 3.53. The summed E-state index contributed by atoms with van der Waals surface area (Å²) in [5.41, 5.74) is 1.99. The van der Waals surface area contributed by atoms with Gasteiger partial charge in [-0.1, -0.05) is 13.8 Å². The lowest BCUT2D eigenvalue weighted by Crippen LogP contribution is -2.25. The van der Waals surface area contributed by atoms with Gasteiger partial charge in [0, 0.05) is 12.6 Å². The first-order valence-corrected chi connectivity index (χ1v) is 5.04. The van der Waals surface area contributed by atoms with Crippen LogP contribution in [0.3, 0.4) is 0 Å². The predicted octanol–water partition coefficient (Wildman–Crippen LogP) is 1.95. The molecule has 0 aliphatic carbocycles. The monoisotopic (exact) mass is 206 g/mol. The summed E-state index contributed by atoms with van der Waals surface area (Å²) in [5, 5.41) is 0. The first-order chi connectivity index (χ1) is 7.09. The third-order valence-corrected chi connectivity index (χ3v) is 2.31. The summed E-state index contributed by atoms with van der Waals surface area (Å²) in [6.45, 7) is 6.59. The molecule has 2 aromatic rings. The number of aromatic nitrogens is 2. The molecular weight excluding hydrogens is 192 g/mol. The zero-order valence-electron chi connectivity index (χ0n) is 9.15. The molecule has 80 valence electrons. The quantitative estimate of drug-likeness (QED) is 0.754. The van der Waals surface area contributed by atoms with Crippen LogP contribution in [-0.4, -0.2) is 9.55 Å². The number of aryl methyl sites for hydroxylation is 1. The third-order valence-electron chi connectivity index (χ3n) is 2.31. The number of fused-ring (bicyclic) bond motifs is 1. The van der Waals surface area contributed by atoms with Crippen molar-refractivity contribution in [2.45, 2.75) is 27.3 Å². The molecule has 0 spiro atoms. The van der Waals surface area contributed by atoms with Gasteiger partial charge in [-0.3, -0.25) is 4.57 Å². The highest BCUT2D eigenvalue weighted by molar-refractivity contribution is 5.74. The Morgan fingerprint density at radius 3 is 2.93 bits per heavy atom. The highest BCUT2D eigenvalue weighted by atomic mass is 16.3. The molecule has 15 heavy (non-hydrogen) atoms. The van der Waals surface area contributed by atoms with Crippen LogP contribution in [0.15, 0.2) is 21.5 Å². The summed E-state index contributed by atoms with van der Waals surface area (Å²) < 4.78 is 6.97. The summed E-state index contributed by atoms with van der Waals surface area (Å²) in [5.74, 6) is 0.408. The van der Waals surface area contributed by atoms with Crippen LogP contribution >= 0.6 is 0 Å². The molecule has 0 amide bonds. The largest absolute Gasteiger partial charge is 0.461 e. The molecule has 0 aliphatic heterocycles. The molecule has 2 aromatic heterocycles. The topological polar surface area (TPSA) is 48.0 Å². The van der Waals surface area contributed by atoms with Gasteiger partial charge in [-0.25, -0.2) is 4.79 Å². The van der Waals surface area contributed by atoms with Crippen LogP contribution in [0.5, 0.6) is 0 Å². The smallest absolute Gasteiger partial charge is 0.348 e. The highest BCUT2D eigenvalue weighted by Gasteiger charge is 2.10. The minimum Gasteiger partial charge on any atom is -0.461 e. The van der Waals surface area contributed by atoms with Crippen LogP contribution in [0.2, 0.25) is 0 Å². The average Bonchev–Trinajstić information content (AvgIpc) is 2.60. The molecule has 2 heterocycles. The van der Waals surface area contributed by atoms with Crippen LogP contribution < -0.4 is 5.69 Å². The van der Waals surface area contributed by atoms with Gasteiger partial charge in [-0.15, -0.1) is 0 Å². The van der Waals surface area contributed by atoms with Crippen LogP contribution in [0.25, 0.3) is 11.1 Å². The lowest BCUT2D eigenvalue weighted by atomic mass is 10.2. The van der Waals surface area contributed by atoms with E-state index in [2.05, 4.69) is 18.8 Å². The Balaban J connectivity index is 2.71. The Bertz CT molecular complexity index is 537. The van der Waals surface area contributed by atoms with E-state index in [0.717, 1.165) is 5.52 Å². The SMILES string of the molecule is Cc1nc(=O)n(CC(C)C)c2ccoc12. The van der Waals surface area contributed by atoms with Gasteiger partial charge in [0.15, 0.2) is 5.58 Å². The van der Waals surface area contributed by atoms with Crippen LogP contribution in [-0.2, 0) is 6.54 Å². The minimum atomic E-state index is -0.199. The van der Waals surface area contributed by atoms with E-state index in [9.17, 15) is 4.79 Å². The number of hydrogen-bond acceptors (Lipinski definition) is 3. The zero-order valence-corrected chi connectivity index (χ0v) is 9.15. The molecule has 0 bridgehead atoms. The third kappa shape index (κ3) is 1.67. The lowest BCUT2D eigenvalue weighted by Gasteiger charge is -2.09. The molecule has 0 aliphatic rings. The summed E-state index contributed by atoms with van der Waals surface area (Å²) in [6.07, 6.45) is 1.59. The second-order valence-electron chi connectivity index (χ2n) is 4.12. The van der Waals surface area contributed by atoms with Crippen molar-refractivity contribution >= 4 is 11.1 Å². The number of furan rings is 1. The van der Waals surface area contributed by atoms with E-state index in [1.165, 1.54) is 0 Å². The fourth-order valence-electron chi connectivity index (χ4n) is 1.68. The Morgan fingerprint density at radius 2 is 2.27 bits per heavy atom. The first kappa shape index (κ1) is 9.96. The molecule has 2 rings (SSSR count). The van der Waals surface area contributed by atoms with Gasteiger partial charge in [0.05, 0.1) is 17.5 Å². The van der Waals surface area contributed by atoms with Crippen molar-refractivity contribution < 1.29 is 4.42 Å². The van der Waals surface area contributed by atoms with E-state index in [0.29, 0.717) is 23.7 Å². The Labute approximate surface area is 87.5 Å². The van der Waals surface area contributed by atoms with Crippen molar-refractivity contribution in [2.75, 3.05) is 0 Å². The molecule has 4 nitrogen and oxygen atoms in total. The molecule has 0 aromatic carbocycles. The average molecular weight is 206 g/mol. The van der Waals surface area contributed by atoms with E-state index in [1.54, 1.807) is 17.8 Å². The number of rotatable bonds is 2. The molecule has 0 fully saturated rings. The van der Waals surface area contributed by atoms with Gasteiger partial charge in [0.2, 0.25) is 0 Å². The second-order valence-corrected chi connectivity index (χ2v) is 4.12. The van der Waals surface area contributed by atoms with Crippen molar-refractivity contribution in [3.8, 4) is 0 Å². The molecular formula is C11H14N2O2. The predicted molar refractivity (Wildman–Crippen MR) is 57.8 cm³/mol. The van der Waals surface area contributed by atoms with E-state index < -0.39 is 0 Å². The molecule has 0 atom stereocenters. The van der Waals surface area contributed by atoms with Crippen molar-refractivity contribution in [1.82, 2.24) is 9.55 Å². The number of hydrogen-bond donors (Lipinski definition) is 0. The maximum Gasteiger partial charge on any atom is 0.348 e. The van der Waals surface area contributed by atoms with E-state index >= 15 is 0 Å². The highest BCUT2D eigenvalue weighted by Crippen LogP contribution is 2.16. The summed E-state index contributed by atoms with van der Waals surface area (Å²) >= 11 is 0. The van der Waals surface area contributed by atoms with E-state index in [1.807, 2.05) is 6.07 Å². The molecule has 4 heteroatoms. The Hall–Kier alpha value is -1.58. The van der Waals surface area contributed by atoms with Gasteiger partial charge in [0.25, 0.3) is 0 Å². The van der Waals surface area contributed by atoms with Gasteiger partial charge < -0.3 is 4.42 Å². The molecule has 0 saturated heterocycles. The van der Waals surface area contributed by atoms with Gasteiger partial charge >= 0.3 is 5.69 Å². The van der Waals surface area contributed by atoms with Crippen molar-refractivity contribution in [3.63, 3.8) is 0 Å². The van der Waals surface area contributed by atoms with Crippen molar-refractivity contribution in [2.24, 2.45) is 5.92 Å². The fraction of sp³-hybridized carbons (Fsp3) is 0.455. The van der Waals surface area contributed by atoms with Crippen LogP contribution in [0.4, 0.5) is 0 Å². The van der Waals surface area contributed by atoms with Crippen molar-refractivity contribution in [3.05, 3.63) is 28.5 Å². The molecule has 0 unspecified atom stereocenters. The van der Waals surface area contributed by atoms with E-state index in [4.69, 9.17) is 4.42 Å². The van der Waals surface area contributed by atoms with Crippen LogP contribution in [0, 0.1) is 12.8 Å². The Morgan fingerprint density at radius 1 is 1.53 bits per heavy atom. The Kier molecular flexibility index (Phi) is 2.34. The van der Waals surface area contributed by atoms with Gasteiger partial charge in [-0.05, 0) is 12.8 Å². The van der Waals surface area contributed by atoms with E-state index in [-0.39, 0.29) is 5.69 Å². The fourth-order valence-corrected chi connectivity index (χ4v) is 1.68. The normalized spacial score (nSPS) is 11.5. The standard InChI is InChI=1S/C11H14N2O2/c1-7(2)6-13-9-4-5-15-10(9)8(3)12-11(13)14/h4-5,7H,6H2,1-3H3. The van der Waals surface area contributed by atoms with Gasteiger partial charge in [-0.2, -0.15) is 4.98 Å². The first-order valence-electron chi connectivity index (χ1n) is 5.04. The maximum absolute atomic E-state index is 11.7. The summed E-state index contributed by atoms with van der Waals surface area (Å²) in [7, 11) is 0. The van der Waals surface area contributed by atoms with Crippen LogP contribution in [0.1, 0.15) is 19.5 Å². The lowest BCUT2D eigenvalue weighted by molar-refractivity contribution is 0.513. The maximum atomic E-state index is 11.7. The molecule has 0 N–H and O–H groups in total. The molecule has 0 radical (unpaired) electrons. The van der Waals surface area contributed by atoms with Crippen molar-refractivity contribution in [1.29, 1.82) is 0 Å². The summed E-state index contributed by atoms with van der Waals surface area (Å²) in [6, 6.07) is 1.81. The summed E-state index contributed by atoms with van der Waals surface area (Å²) in [4.78, 5) is 15.6. The van der Waals surface area contributed by atoms with Gasteiger partial charge in [0.1, 0.15) is 0 Å².